The lowest BCUT2D eigenvalue weighted by atomic mass is 10.0. The van der Waals surface area contributed by atoms with Crippen molar-refractivity contribution in [2.75, 3.05) is 13.7 Å². The number of hydrogen-bond donors (Lipinski definition) is 0. The molecule has 4 rings (SSSR count). The smallest absolute Gasteiger partial charge is 0.336 e. The third-order valence-electron chi connectivity index (χ3n) is 4.63. The van der Waals surface area contributed by atoms with Crippen LogP contribution in [0, 0.1) is 0 Å². The number of halogens is 1. The normalized spacial score (nSPS) is 10.7. The van der Waals surface area contributed by atoms with Gasteiger partial charge in [-0.15, -0.1) is 0 Å². The molecular formula is C24H17ClO5. The lowest BCUT2D eigenvalue weighted by molar-refractivity contribution is 0.0921. The lowest BCUT2D eigenvalue weighted by Crippen LogP contribution is -2.12. The Balaban J connectivity index is 1.65. The summed E-state index contributed by atoms with van der Waals surface area (Å²) in [5.74, 6) is 0.609. The number of benzene rings is 3. The Hall–Kier alpha value is -3.57. The average Bonchev–Trinajstić information content (AvgIpc) is 2.78. The van der Waals surface area contributed by atoms with Crippen molar-refractivity contribution in [3.8, 4) is 22.6 Å². The fraction of sp³-hybridized carbons (Fsp3) is 0.0833. The van der Waals surface area contributed by atoms with Crippen LogP contribution in [0.2, 0.25) is 5.02 Å². The summed E-state index contributed by atoms with van der Waals surface area (Å²) in [6, 6.07) is 20.9. The average molecular weight is 421 g/mol. The van der Waals surface area contributed by atoms with E-state index in [1.807, 2.05) is 30.3 Å². The van der Waals surface area contributed by atoms with Crippen LogP contribution in [0.1, 0.15) is 10.4 Å². The van der Waals surface area contributed by atoms with Crippen molar-refractivity contribution in [3.05, 3.63) is 93.8 Å². The van der Waals surface area contributed by atoms with Gasteiger partial charge < -0.3 is 13.9 Å². The first kappa shape index (κ1) is 19.7. The molecule has 0 amide bonds. The van der Waals surface area contributed by atoms with Gasteiger partial charge in [0.15, 0.2) is 12.4 Å². The Bertz CT molecular complexity index is 1280. The predicted molar refractivity (Wildman–Crippen MR) is 116 cm³/mol. The minimum Gasteiger partial charge on any atom is -0.497 e. The minimum atomic E-state index is -0.484. The van der Waals surface area contributed by atoms with E-state index in [2.05, 4.69) is 0 Å². The second kappa shape index (κ2) is 8.43. The van der Waals surface area contributed by atoms with Crippen LogP contribution < -0.4 is 15.1 Å². The van der Waals surface area contributed by atoms with Crippen LogP contribution in [0.25, 0.3) is 22.1 Å². The number of rotatable bonds is 6. The number of fused-ring (bicyclic) bond motifs is 1. The molecule has 0 N–H and O–H groups in total. The van der Waals surface area contributed by atoms with E-state index in [-0.39, 0.29) is 18.1 Å². The molecule has 0 bridgehead atoms. The van der Waals surface area contributed by atoms with Gasteiger partial charge in [-0.1, -0.05) is 54.1 Å². The first-order chi connectivity index (χ1) is 14.5. The standard InChI is InChI=1S/C24H17ClO5/c1-28-17-9-5-8-16(10-17)21(26)14-29-23-13-22-19(11-20(23)25)18(12-24(27)30-22)15-6-3-2-4-7-15/h2-13H,14H2,1H3. The van der Waals surface area contributed by atoms with Gasteiger partial charge in [-0.2, -0.15) is 0 Å². The molecule has 150 valence electrons. The Morgan fingerprint density at radius 1 is 1.00 bits per heavy atom. The molecule has 1 aromatic heterocycles. The van der Waals surface area contributed by atoms with Crippen molar-refractivity contribution in [3.63, 3.8) is 0 Å². The summed E-state index contributed by atoms with van der Waals surface area (Å²) < 4.78 is 16.1. The second-order valence-electron chi connectivity index (χ2n) is 6.57. The molecule has 0 radical (unpaired) electrons. The summed E-state index contributed by atoms with van der Waals surface area (Å²) in [4.78, 5) is 24.5. The molecule has 3 aromatic carbocycles. The molecule has 6 heteroatoms. The molecule has 0 aliphatic carbocycles. The first-order valence-corrected chi connectivity index (χ1v) is 9.56. The number of methoxy groups -OCH3 is 1. The van der Waals surface area contributed by atoms with Crippen molar-refractivity contribution in [1.82, 2.24) is 0 Å². The topological polar surface area (TPSA) is 65.7 Å². The van der Waals surface area contributed by atoms with E-state index in [1.54, 1.807) is 30.3 Å². The molecule has 30 heavy (non-hydrogen) atoms. The van der Waals surface area contributed by atoms with Gasteiger partial charge in [0.05, 0.1) is 12.1 Å². The summed E-state index contributed by atoms with van der Waals surface area (Å²) >= 11 is 6.40. The molecular weight excluding hydrogens is 404 g/mol. The number of ether oxygens (including phenoxy) is 2. The van der Waals surface area contributed by atoms with Crippen LogP contribution in [0.15, 0.2) is 82.0 Å². The maximum atomic E-state index is 12.5. The maximum absolute atomic E-state index is 12.5. The minimum absolute atomic E-state index is 0.221. The summed E-state index contributed by atoms with van der Waals surface area (Å²) in [5.41, 5.74) is 1.89. The Labute approximate surface area is 177 Å². The molecule has 0 saturated carbocycles. The number of hydrogen-bond acceptors (Lipinski definition) is 5. The highest BCUT2D eigenvalue weighted by molar-refractivity contribution is 6.33. The van der Waals surface area contributed by atoms with Crippen molar-refractivity contribution in [2.45, 2.75) is 0 Å². The summed E-state index contributed by atoms with van der Waals surface area (Å²) in [6.45, 7) is -0.221. The van der Waals surface area contributed by atoms with Gasteiger partial charge in [-0.25, -0.2) is 4.79 Å². The third-order valence-corrected chi connectivity index (χ3v) is 4.93. The van der Waals surface area contributed by atoms with Crippen molar-refractivity contribution < 1.29 is 18.7 Å². The molecule has 5 nitrogen and oxygen atoms in total. The van der Waals surface area contributed by atoms with Crippen LogP contribution in [-0.2, 0) is 0 Å². The van der Waals surface area contributed by atoms with Crippen LogP contribution in [0.5, 0.6) is 11.5 Å². The monoisotopic (exact) mass is 420 g/mol. The highest BCUT2D eigenvalue weighted by Gasteiger charge is 2.14. The van der Waals surface area contributed by atoms with Gasteiger partial charge in [0.1, 0.15) is 17.1 Å². The Morgan fingerprint density at radius 3 is 2.57 bits per heavy atom. The van der Waals surface area contributed by atoms with Gasteiger partial charge >= 0.3 is 5.63 Å². The van der Waals surface area contributed by atoms with Crippen molar-refractivity contribution in [2.24, 2.45) is 0 Å². The van der Waals surface area contributed by atoms with E-state index in [1.165, 1.54) is 19.2 Å². The van der Waals surface area contributed by atoms with Crippen LogP contribution in [0.4, 0.5) is 0 Å². The van der Waals surface area contributed by atoms with E-state index in [0.29, 0.717) is 32.9 Å². The van der Waals surface area contributed by atoms with E-state index in [9.17, 15) is 9.59 Å². The van der Waals surface area contributed by atoms with Gasteiger partial charge in [0, 0.05) is 23.1 Å². The predicted octanol–water partition coefficient (Wildman–Crippen LogP) is 5.38. The third kappa shape index (κ3) is 4.07. The van der Waals surface area contributed by atoms with Gasteiger partial charge in [0.2, 0.25) is 0 Å². The molecule has 0 fully saturated rings. The van der Waals surface area contributed by atoms with Gasteiger partial charge in [-0.05, 0) is 29.3 Å². The molecule has 0 aliphatic rings. The molecule has 4 aromatic rings. The Morgan fingerprint density at radius 2 is 1.80 bits per heavy atom. The van der Waals surface area contributed by atoms with Crippen LogP contribution >= 0.6 is 11.6 Å². The van der Waals surface area contributed by atoms with Gasteiger partial charge in [-0.3, -0.25) is 4.79 Å². The van der Waals surface area contributed by atoms with Crippen molar-refractivity contribution >= 4 is 28.4 Å². The molecule has 0 atom stereocenters. The first-order valence-electron chi connectivity index (χ1n) is 9.18. The SMILES string of the molecule is COc1cccc(C(=O)COc2cc3oc(=O)cc(-c4ccccc4)c3cc2Cl)c1. The van der Waals surface area contributed by atoms with Crippen molar-refractivity contribution in [1.29, 1.82) is 0 Å². The highest BCUT2D eigenvalue weighted by atomic mass is 35.5. The molecule has 0 unspecified atom stereocenters. The van der Waals surface area contributed by atoms with E-state index < -0.39 is 5.63 Å². The highest BCUT2D eigenvalue weighted by Crippen LogP contribution is 2.34. The Kier molecular flexibility index (Phi) is 5.55. The fourth-order valence-corrected chi connectivity index (χ4v) is 3.37. The fourth-order valence-electron chi connectivity index (χ4n) is 3.15. The zero-order valence-electron chi connectivity index (χ0n) is 16.1. The summed E-state index contributed by atoms with van der Waals surface area (Å²) in [5, 5.41) is 0.990. The number of carbonyl (C=O) groups excluding carboxylic acids is 1. The van der Waals surface area contributed by atoms with Crippen LogP contribution in [-0.4, -0.2) is 19.5 Å². The van der Waals surface area contributed by atoms with E-state index >= 15 is 0 Å². The lowest BCUT2D eigenvalue weighted by Gasteiger charge is -2.11. The molecule has 0 spiro atoms. The number of carbonyl (C=O) groups is 1. The largest absolute Gasteiger partial charge is 0.497 e. The number of Topliss-reactive ketones (excluding diaryl/α,β-unsaturated/α-hetero) is 1. The molecule has 0 aliphatic heterocycles. The van der Waals surface area contributed by atoms with Crippen LogP contribution in [0.3, 0.4) is 0 Å². The maximum Gasteiger partial charge on any atom is 0.336 e. The quantitative estimate of drug-likeness (QED) is 0.309. The molecule has 1 heterocycles. The van der Waals surface area contributed by atoms with E-state index in [4.69, 9.17) is 25.5 Å². The van der Waals surface area contributed by atoms with Gasteiger partial charge in [0.25, 0.3) is 0 Å². The molecule has 0 saturated heterocycles. The zero-order chi connectivity index (χ0) is 21.1. The second-order valence-corrected chi connectivity index (χ2v) is 6.97. The zero-order valence-corrected chi connectivity index (χ0v) is 16.8. The summed E-state index contributed by atoms with van der Waals surface area (Å²) in [7, 11) is 1.53. The number of ketones is 1. The summed E-state index contributed by atoms with van der Waals surface area (Å²) in [6.07, 6.45) is 0. The van der Waals surface area contributed by atoms with E-state index in [0.717, 1.165) is 5.56 Å².